The number of para-hydroxylation sites is 1. The Balaban J connectivity index is 2.06. The highest BCUT2D eigenvalue weighted by molar-refractivity contribution is 5.68. The van der Waals surface area contributed by atoms with Crippen molar-refractivity contribution in [3.8, 4) is 5.75 Å². The number of hydrogen-bond donors (Lipinski definition) is 1. The molecule has 0 aromatic heterocycles. The maximum Gasteiger partial charge on any atom is 0.333 e. The first kappa shape index (κ1) is 14.8. The fourth-order valence-electron chi connectivity index (χ4n) is 2.01. The molecule has 0 aliphatic rings. The molecule has 0 spiro atoms. The van der Waals surface area contributed by atoms with Gasteiger partial charge in [-0.15, -0.1) is 0 Å². The van der Waals surface area contributed by atoms with Crippen molar-refractivity contribution >= 4 is 11.4 Å². The Bertz CT molecular complexity index is 629. The molecule has 2 rings (SSSR count). The van der Waals surface area contributed by atoms with Gasteiger partial charge in [0.15, 0.2) is 5.75 Å². The third kappa shape index (κ3) is 3.68. The van der Waals surface area contributed by atoms with Crippen molar-refractivity contribution in [3.63, 3.8) is 0 Å². The van der Waals surface area contributed by atoms with E-state index in [1.165, 1.54) is 19.2 Å². The highest BCUT2D eigenvalue weighted by Crippen LogP contribution is 2.34. The Hall–Kier alpha value is -2.63. The van der Waals surface area contributed by atoms with Gasteiger partial charge in [-0.3, -0.25) is 10.1 Å². The first-order valence-corrected chi connectivity index (χ1v) is 6.41. The minimum atomic E-state index is -0.473. The van der Waals surface area contributed by atoms with E-state index in [0.717, 1.165) is 5.56 Å². The monoisotopic (exact) mass is 290 g/mol. The number of ether oxygens (including phenoxy) is 1. The number of nitrogens with one attached hydrogen (secondary N) is 1. The fraction of sp³-hybridized carbons (Fsp3) is 0.200. The maximum absolute atomic E-state index is 12.8. The molecule has 0 heterocycles. The zero-order valence-electron chi connectivity index (χ0n) is 11.5. The van der Waals surface area contributed by atoms with E-state index in [4.69, 9.17) is 4.74 Å². The van der Waals surface area contributed by atoms with Crippen molar-refractivity contribution in [2.75, 3.05) is 19.0 Å². The lowest BCUT2D eigenvalue weighted by Crippen LogP contribution is -2.07. The van der Waals surface area contributed by atoms with Crippen molar-refractivity contribution in [1.29, 1.82) is 0 Å². The number of methoxy groups -OCH3 is 1. The van der Waals surface area contributed by atoms with Crippen molar-refractivity contribution in [2.24, 2.45) is 0 Å². The molecule has 1 N–H and O–H groups in total. The number of rotatable bonds is 6. The van der Waals surface area contributed by atoms with E-state index >= 15 is 0 Å². The average Bonchev–Trinajstić information content (AvgIpc) is 2.48. The van der Waals surface area contributed by atoms with Gasteiger partial charge in [0.2, 0.25) is 0 Å². The Labute approximate surface area is 121 Å². The molecule has 6 heteroatoms. The molecule has 0 radical (unpaired) electrons. The van der Waals surface area contributed by atoms with Crippen LogP contribution in [0.3, 0.4) is 0 Å². The molecule has 2 aromatic carbocycles. The highest BCUT2D eigenvalue weighted by atomic mass is 19.1. The second-order valence-corrected chi connectivity index (χ2v) is 4.42. The van der Waals surface area contributed by atoms with Gasteiger partial charge in [-0.05, 0) is 36.2 Å². The zero-order valence-corrected chi connectivity index (χ0v) is 11.5. The average molecular weight is 290 g/mol. The Morgan fingerprint density at radius 1 is 1.24 bits per heavy atom. The van der Waals surface area contributed by atoms with Crippen molar-refractivity contribution in [2.45, 2.75) is 6.42 Å². The summed E-state index contributed by atoms with van der Waals surface area (Å²) < 4.78 is 17.8. The van der Waals surface area contributed by atoms with Crippen molar-refractivity contribution < 1.29 is 14.1 Å². The molecule has 0 aliphatic heterocycles. The molecule has 0 amide bonds. The molecule has 5 nitrogen and oxygen atoms in total. The van der Waals surface area contributed by atoms with Gasteiger partial charge in [0.05, 0.1) is 12.0 Å². The lowest BCUT2D eigenvalue weighted by Gasteiger charge is -2.09. The number of benzene rings is 2. The molecule has 0 aliphatic carbocycles. The van der Waals surface area contributed by atoms with Crippen LogP contribution in [0, 0.1) is 15.9 Å². The van der Waals surface area contributed by atoms with Gasteiger partial charge < -0.3 is 10.1 Å². The van der Waals surface area contributed by atoms with Crippen LogP contribution in [-0.4, -0.2) is 18.6 Å². The van der Waals surface area contributed by atoms with E-state index in [-0.39, 0.29) is 17.3 Å². The summed E-state index contributed by atoms with van der Waals surface area (Å²) in [5.41, 5.74) is 1.27. The van der Waals surface area contributed by atoms with Crippen LogP contribution in [0.2, 0.25) is 0 Å². The van der Waals surface area contributed by atoms with Crippen LogP contribution in [-0.2, 0) is 6.42 Å². The molecule has 0 atom stereocenters. The lowest BCUT2D eigenvalue weighted by molar-refractivity contribution is -0.384. The van der Waals surface area contributed by atoms with Crippen LogP contribution in [0.15, 0.2) is 42.5 Å². The lowest BCUT2D eigenvalue weighted by atomic mass is 10.1. The van der Waals surface area contributed by atoms with Crippen molar-refractivity contribution in [1.82, 2.24) is 0 Å². The summed E-state index contributed by atoms with van der Waals surface area (Å²) in [6.45, 7) is 0.500. The normalized spacial score (nSPS) is 10.2. The predicted molar refractivity (Wildman–Crippen MR) is 78.2 cm³/mol. The number of nitro groups is 1. The first-order chi connectivity index (χ1) is 10.1. The van der Waals surface area contributed by atoms with Crippen LogP contribution in [0.25, 0.3) is 0 Å². The topological polar surface area (TPSA) is 64.4 Å². The predicted octanol–water partition coefficient (Wildman–Crippen LogP) is 3.40. The Morgan fingerprint density at radius 3 is 2.57 bits per heavy atom. The summed E-state index contributed by atoms with van der Waals surface area (Å²) in [5, 5.41) is 14.1. The smallest absolute Gasteiger partial charge is 0.333 e. The summed E-state index contributed by atoms with van der Waals surface area (Å²) in [5.74, 6) is -0.0677. The Morgan fingerprint density at radius 2 is 1.95 bits per heavy atom. The van der Waals surface area contributed by atoms with Gasteiger partial charge in [-0.1, -0.05) is 18.2 Å². The molecule has 0 bridgehead atoms. The molecular formula is C15H15FN2O3. The molecule has 110 valence electrons. The minimum absolute atomic E-state index is 0.0842. The van der Waals surface area contributed by atoms with Crippen LogP contribution < -0.4 is 10.1 Å². The largest absolute Gasteiger partial charge is 0.490 e. The number of nitro benzene ring substituents is 1. The zero-order chi connectivity index (χ0) is 15.2. The number of halogens is 1. The summed E-state index contributed by atoms with van der Waals surface area (Å²) in [7, 11) is 1.39. The third-order valence-electron chi connectivity index (χ3n) is 3.04. The maximum atomic E-state index is 12.8. The summed E-state index contributed by atoms with van der Waals surface area (Å²) in [6, 6.07) is 11.0. The van der Waals surface area contributed by atoms with E-state index in [1.807, 2.05) is 0 Å². The van der Waals surface area contributed by atoms with E-state index in [9.17, 15) is 14.5 Å². The van der Waals surface area contributed by atoms with Crippen LogP contribution in [0.1, 0.15) is 5.56 Å². The highest BCUT2D eigenvalue weighted by Gasteiger charge is 2.19. The molecule has 21 heavy (non-hydrogen) atoms. The Kier molecular flexibility index (Phi) is 4.71. The molecule has 0 unspecified atom stereocenters. The van der Waals surface area contributed by atoms with Gasteiger partial charge in [-0.2, -0.15) is 0 Å². The summed E-state index contributed by atoms with van der Waals surface area (Å²) >= 11 is 0. The van der Waals surface area contributed by atoms with Gasteiger partial charge in [-0.25, -0.2) is 4.39 Å². The number of hydrogen-bond acceptors (Lipinski definition) is 4. The van der Waals surface area contributed by atoms with Gasteiger partial charge >= 0.3 is 5.69 Å². The van der Waals surface area contributed by atoms with Gasteiger partial charge in [0, 0.05) is 6.54 Å². The van der Waals surface area contributed by atoms with Crippen molar-refractivity contribution in [3.05, 3.63) is 64.0 Å². The van der Waals surface area contributed by atoms with E-state index < -0.39 is 4.92 Å². The minimum Gasteiger partial charge on any atom is -0.490 e. The third-order valence-corrected chi connectivity index (χ3v) is 3.04. The van der Waals surface area contributed by atoms with Crippen LogP contribution in [0.5, 0.6) is 5.75 Å². The fourth-order valence-corrected chi connectivity index (χ4v) is 2.01. The second kappa shape index (κ2) is 6.69. The van der Waals surface area contributed by atoms with Crippen LogP contribution in [0.4, 0.5) is 15.8 Å². The first-order valence-electron chi connectivity index (χ1n) is 6.41. The number of nitrogens with zero attached hydrogens (tertiary/aromatic N) is 1. The molecular weight excluding hydrogens is 275 g/mol. The molecule has 0 saturated carbocycles. The second-order valence-electron chi connectivity index (χ2n) is 4.42. The number of anilines is 1. The van der Waals surface area contributed by atoms with Gasteiger partial charge in [0.1, 0.15) is 11.5 Å². The standard InChI is InChI=1S/C15H15FN2O3/c1-21-14-4-2-3-13(15(14)18(19)20)17-10-9-11-5-7-12(16)8-6-11/h2-8,17H,9-10H2,1H3. The molecule has 0 fully saturated rings. The molecule has 0 saturated heterocycles. The van der Waals surface area contributed by atoms with E-state index in [0.29, 0.717) is 18.7 Å². The molecule has 2 aromatic rings. The SMILES string of the molecule is COc1cccc(NCCc2ccc(F)cc2)c1[N+](=O)[O-]. The van der Waals surface area contributed by atoms with Gasteiger partial charge in [0.25, 0.3) is 0 Å². The quantitative estimate of drug-likeness (QED) is 0.654. The van der Waals surface area contributed by atoms with E-state index in [1.54, 1.807) is 30.3 Å². The van der Waals surface area contributed by atoms with E-state index in [2.05, 4.69) is 5.32 Å². The van der Waals surface area contributed by atoms with Crippen LogP contribution >= 0.6 is 0 Å². The summed E-state index contributed by atoms with van der Waals surface area (Å²) in [6.07, 6.45) is 0.634. The summed E-state index contributed by atoms with van der Waals surface area (Å²) in [4.78, 5) is 10.6.